The number of aromatic nitrogens is 1. The van der Waals surface area contributed by atoms with Crippen molar-refractivity contribution in [3.8, 4) is 11.1 Å². The smallest absolute Gasteiger partial charge is 0.236 e. The van der Waals surface area contributed by atoms with Crippen molar-refractivity contribution in [2.45, 2.75) is 33.1 Å². The van der Waals surface area contributed by atoms with Crippen LogP contribution in [0.2, 0.25) is 0 Å². The van der Waals surface area contributed by atoms with E-state index in [-0.39, 0.29) is 5.91 Å². The Morgan fingerprint density at radius 1 is 1.10 bits per heavy atom. The molecule has 0 spiro atoms. The first kappa shape index (κ1) is 13.8. The number of anilines is 1. The summed E-state index contributed by atoms with van der Waals surface area (Å²) in [6.07, 6.45) is 3.77. The highest BCUT2D eigenvalue weighted by atomic mass is 16.2. The molecule has 21 heavy (non-hydrogen) atoms. The van der Waals surface area contributed by atoms with Gasteiger partial charge < -0.3 is 4.90 Å². The minimum absolute atomic E-state index is 0.151. The van der Waals surface area contributed by atoms with Gasteiger partial charge in [-0.3, -0.25) is 9.78 Å². The predicted octanol–water partition coefficient (Wildman–Crippen LogP) is 3.62. The molecule has 0 saturated heterocycles. The van der Waals surface area contributed by atoms with Crippen LogP contribution in [0.1, 0.15) is 30.5 Å². The molecule has 1 aromatic carbocycles. The third-order valence-corrected chi connectivity index (χ3v) is 4.49. The SMILES string of the molecule is Cc1cncc(C)c1-c1ccc2c(c1)N(C)C(=O)C2(C)C. The van der Waals surface area contributed by atoms with E-state index in [0.717, 1.165) is 27.9 Å². The van der Waals surface area contributed by atoms with E-state index in [1.54, 1.807) is 4.90 Å². The van der Waals surface area contributed by atoms with E-state index in [1.807, 2.05) is 33.3 Å². The number of carbonyl (C=O) groups is 1. The van der Waals surface area contributed by atoms with Gasteiger partial charge >= 0.3 is 0 Å². The molecule has 0 radical (unpaired) electrons. The van der Waals surface area contributed by atoms with Crippen LogP contribution < -0.4 is 4.90 Å². The van der Waals surface area contributed by atoms with Gasteiger partial charge in [0.05, 0.1) is 5.41 Å². The lowest BCUT2D eigenvalue weighted by Crippen LogP contribution is -2.33. The molecule has 1 aliphatic rings. The lowest BCUT2D eigenvalue weighted by molar-refractivity contribution is -0.121. The Morgan fingerprint density at radius 2 is 1.71 bits per heavy atom. The van der Waals surface area contributed by atoms with Crippen LogP contribution in [0.15, 0.2) is 30.6 Å². The van der Waals surface area contributed by atoms with E-state index in [4.69, 9.17) is 0 Å². The molecule has 2 heterocycles. The van der Waals surface area contributed by atoms with Gasteiger partial charge in [-0.25, -0.2) is 0 Å². The molecule has 0 N–H and O–H groups in total. The molecule has 0 aliphatic carbocycles. The van der Waals surface area contributed by atoms with Crippen molar-refractivity contribution in [2.75, 3.05) is 11.9 Å². The standard InChI is InChI=1S/C18H20N2O/c1-11-9-19-10-12(2)16(11)13-6-7-14-15(8-13)20(5)17(21)18(14,3)4/h6-10H,1-5H3. The molecule has 3 heteroatoms. The second kappa shape index (κ2) is 4.42. The molecule has 3 nitrogen and oxygen atoms in total. The van der Waals surface area contributed by atoms with Crippen molar-refractivity contribution >= 4 is 11.6 Å². The zero-order chi connectivity index (χ0) is 15.4. The summed E-state index contributed by atoms with van der Waals surface area (Å²) >= 11 is 0. The Balaban J connectivity index is 2.21. The Bertz CT molecular complexity index is 727. The highest BCUT2D eigenvalue weighted by Gasteiger charge is 2.42. The summed E-state index contributed by atoms with van der Waals surface area (Å²) in [5, 5.41) is 0. The molecule has 0 fully saturated rings. The topological polar surface area (TPSA) is 33.2 Å². The maximum atomic E-state index is 12.4. The normalized spacial score (nSPS) is 16.2. The second-order valence-electron chi connectivity index (χ2n) is 6.37. The van der Waals surface area contributed by atoms with Crippen molar-refractivity contribution in [3.63, 3.8) is 0 Å². The van der Waals surface area contributed by atoms with Gasteiger partial charge in [0.15, 0.2) is 0 Å². The molecular formula is C18H20N2O. The second-order valence-corrected chi connectivity index (χ2v) is 6.37. The summed E-state index contributed by atoms with van der Waals surface area (Å²) in [6.45, 7) is 8.11. The molecule has 1 amide bonds. The van der Waals surface area contributed by atoms with E-state index < -0.39 is 5.41 Å². The van der Waals surface area contributed by atoms with Gasteiger partial charge in [-0.15, -0.1) is 0 Å². The minimum Gasteiger partial charge on any atom is -0.314 e. The number of benzene rings is 1. The maximum absolute atomic E-state index is 12.4. The summed E-state index contributed by atoms with van der Waals surface area (Å²) in [5.74, 6) is 0.151. The first-order valence-corrected chi connectivity index (χ1v) is 7.18. The van der Waals surface area contributed by atoms with E-state index in [1.165, 1.54) is 5.56 Å². The summed E-state index contributed by atoms with van der Waals surface area (Å²) in [5.41, 5.74) is 6.33. The number of fused-ring (bicyclic) bond motifs is 1. The fraction of sp³-hybridized carbons (Fsp3) is 0.333. The summed E-state index contributed by atoms with van der Waals surface area (Å²) in [4.78, 5) is 18.4. The highest BCUT2D eigenvalue weighted by molar-refractivity contribution is 6.07. The Morgan fingerprint density at radius 3 is 2.33 bits per heavy atom. The first-order valence-electron chi connectivity index (χ1n) is 7.18. The number of aryl methyl sites for hydroxylation is 2. The Kier molecular flexibility index (Phi) is 2.90. The quantitative estimate of drug-likeness (QED) is 0.799. The fourth-order valence-electron chi connectivity index (χ4n) is 3.29. The number of hydrogen-bond donors (Lipinski definition) is 0. The molecule has 108 valence electrons. The lowest BCUT2D eigenvalue weighted by atomic mass is 9.85. The van der Waals surface area contributed by atoms with Crippen LogP contribution in [0.5, 0.6) is 0 Å². The molecule has 0 bridgehead atoms. The van der Waals surface area contributed by atoms with E-state index in [0.29, 0.717) is 0 Å². The number of hydrogen-bond acceptors (Lipinski definition) is 2. The largest absolute Gasteiger partial charge is 0.314 e. The van der Waals surface area contributed by atoms with Gasteiger partial charge in [0.2, 0.25) is 5.91 Å². The molecule has 1 aromatic heterocycles. The number of amides is 1. The monoisotopic (exact) mass is 280 g/mol. The molecule has 0 unspecified atom stereocenters. The van der Waals surface area contributed by atoms with Crippen molar-refractivity contribution in [2.24, 2.45) is 0 Å². The van der Waals surface area contributed by atoms with Crippen LogP contribution in [0, 0.1) is 13.8 Å². The third-order valence-electron chi connectivity index (χ3n) is 4.49. The van der Waals surface area contributed by atoms with Crippen LogP contribution >= 0.6 is 0 Å². The van der Waals surface area contributed by atoms with Gasteiger partial charge in [0.25, 0.3) is 0 Å². The van der Waals surface area contributed by atoms with E-state index >= 15 is 0 Å². The Hall–Kier alpha value is -2.16. The number of rotatable bonds is 1. The molecular weight excluding hydrogens is 260 g/mol. The zero-order valence-electron chi connectivity index (χ0n) is 13.2. The average molecular weight is 280 g/mol. The minimum atomic E-state index is -0.440. The number of pyridine rings is 1. The van der Waals surface area contributed by atoms with Gasteiger partial charge in [0, 0.05) is 25.1 Å². The van der Waals surface area contributed by atoms with Crippen LogP contribution in [-0.2, 0) is 10.2 Å². The summed E-state index contributed by atoms with van der Waals surface area (Å²) < 4.78 is 0. The number of nitrogens with zero attached hydrogens (tertiary/aromatic N) is 2. The molecule has 2 aromatic rings. The van der Waals surface area contributed by atoms with Gasteiger partial charge in [-0.2, -0.15) is 0 Å². The van der Waals surface area contributed by atoms with Crippen molar-refractivity contribution < 1.29 is 4.79 Å². The van der Waals surface area contributed by atoms with Gasteiger partial charge in [0.1, 0.15) is 0 Å². The molecule has 1 aliphatic heterocycles. The van der Waals surface area contributed by atoms with Crippen molar-refractivity contribution in [1.29, 1.82) is 0 Å². The number of carbonyl (C=O) groups excluding carboxylic acids is 1. The highest BCUT2D eigenvalue weighted by Crippen LogP contribution is 2.43. The zero-order valence-corrected chi connectivity index (χ0v) is 13.2. The molecule has 0 atom stereocenters. The maximum Gasteiger partial charge on any atom is 0.236 e. The Labute approximate surface area is 125 Å². The summed E-state index contributed by atoms with van der Waals surface area (Å²) in [6, 6.07) is 6.32. The van der Waals surface area contributed by atoms with Crippen molar-refractivity contribution in [1.82, 2.24) is 4.98 Å². The van der Waals surface area contributed by atoms with Gasteiger partial charge in [-0.1, -0.05) is 12.1 Å². The predicted molar refractivity (Wildman–Crippen MR) is 85.6 cm³/mol. The van der Waals surface area contributed by atoms with Gasteiger partial charge in [-0.05, 0) is 61.6 Å². The average Bonchev–Trinajstić information content (AvgIpc) is 2.60. The summed E-state index contributed by atoms with van der Waals surface area (Å²) in [7, 11) is 1.85. The molecule has 3 rings (SSSR count). The van der Waals surface area contributed by atoms with E-state index in [9.17, 15) is 4.79 Å². The first-order chi connectivity index (χ1) is 9.84. The molecule has 0 saturated carbocycles. The van der Waals surface area contributed by atoms with Crippen LogP contribution in [0.25, 0.3) is 11.1 Å². The van der Waals surface area contributed by atoms with Crippen molar-refractivity contribution in [3.05, 3.63) is 47.3 Å². The van der Waals surface area contributed by atoms with Crippen LogP contribution in [-0.4, -0.2) is 17.9 Å². The van der Waals surface area contributed by atoms with Crippen LogP contribution in [0.4, 0.5) is 5.69 Å². The van der Waals surface area contributed by atoms with E-state index in [2.05, 4.69) is 37.0 Å². The lowest BCUT2D eigenvalue weighted by Gasteiger charge is -2.16. The van der Waals surface area contributed by atoms with Crippen LogP contribution in [0.3, 0.4) is 0 Å². The fourth-order valence-corrected chi connectivity index (χ4v) is 3.29. The number of likely N-dealkylation sites (N-methyl/N-ethyl adjacent to an activating group) is 1. The third kappa shape index (κ3) is 1.88.